The Bertz CT molecular complexity index is 477. The maximum absolute atomic E-state index is 13.8. The predicted octanol–water partition coefficient (Wildman–Crippen LogP) is 3.32. The average Bonchev–Trinajstić information content (AvgIpc) is 2.40. The molecule has 0 bridgehead atoms. The normalized spacial score (nSPS) is 11.5. The van der Waals surface area contributed by atoms with Crippen LogP contribution in [0.1, 0.15) is 37.6 Å². The molecule has 0 aliphatic heterocycles. The Morgan fingerprint density at radius 1 is 1.45 bits per heavy atom. The van der Waals surface area contributed by atoms with E-state index in [0.717, 1.165) is 6.42 Å². The van der Waals surface area contributed by atoms with Gasteiger partial charge in [-0.25, -0.2) is 4.39 Å². The minimum absolute atomic E-state index is 0.0128. The number of benzene rings is 1. The fourth-order valence-electron chi connectivity index (χ4n) is 1.94. The zero-order valence-corrected chi connectivity index (χ0v) is 13.0. The van der Waals surface area contributed by atoms with Gasteiger partial charge in [-0.05, 0) is 36.6 Å². The molecule has 0 heterocycles. The van der Waals surface area contributed by atoms with Gasteiger partial charge in [-0.3, -0.25) is 4.79 Å². The molecular weight excluding hydrogens is 279 g/mol. The molecule has 20 heavy (non-hydrogen) atoms. The quantitative estimate of drug-likeness (QED) is 0.876. The van der Waals surface area contributed by atoms with Crippen molar-refractivity contribution < 1.29 is 9.18 Å². The molecule has 0 unspecified atom stereocenters. The molecule has 5 heteroatoms. The highest BCUT2D eigenvalue weighted by Crippen LogP contribution is 2.20. The van der Waals surface area contributed by atoms with Crippen molar-refractivity contribution in [2.75, 3.05) is 19.6 Å². The second-order valence-corrected chi connectivity index (χ2v) is 6.16. The zero-order valence-electron chi connectivity index (χ0n) is 12.2. The SMILES string of the molecule is CCCN(CC(C)(C)CN)C(=O)c1cc(Cl)ccc1F. The second-order valence-electron chi connectivity index (χ2n) is 5.72. The molecule has 0 aliphatic carbocycles. The van der Waals surface area contributed by atoms with Crippen molar-refractivity contribution in [2.24, 2.45) is 11.1 Å². The summed E-state index contributed by atoms with van der Waals surface area (Å²) in [5.41, 5.74) is 5.51. The first-order valence-corrected chi connectivity index (χ1v) is 7.13. The van der Waals surface area contributed by atoms with Crippen molar-refractivity contribution in [1.82, 2.24) is 4.90 Å². The van der Waals surface area contributed by atoms with E-state index in [1.165, 1.54) is 18.2 Å². The van der Waals surface area contributed by atoms with Crippen molar-refractivity contribution in [3.05, 3.63) is 34.6 Å². The van der Waals surface area contributed by atoms with Gasteiger partial charge in [-0.2, -0.15) is 0 Å². The summed E-state index contributed by atoms with van der Waals surface area (Å²) in [4.78, 5) is 14.1. The van der Waals surface area contributed by atoms with Gasteiger partial charge in [0.2, 0.25) is 0 Å². The number of halogens is 2. The molecule has 0 aliphatic rings. The number of rotatable bonds is 6. The third-order valence-corrected chi connectivity index (χ3v) is 3.35. The summed E-state index contributed by atoms with van der Waals surface area (Å²) < 4.78 is 13.8. The summed E-state index contributed by atoms with van der Waals surface area (Å²) in [7, 11) is 0. The van der Waals surface area contributed by atoms with E-state index >= 15 is 0 Å². The van der Waals surface area contributed by atoms with Gasteiger partial charge >= 0.3 is 0 Å². The van der Waals surface area contributed by atoms with Crippen LogP contribution in [-0.2, 0) is 0 Å². The molecule has 0 saturated carbocycles. The maximum Gasteiger partial charge on any atom is 0.256 e. The molecule has 0 saturated heterocycles. The van der Waals surface area contributed by atoms with Gasteiger partial charge in [-0.1, -0.05) is 32.4 Å². The molecule has 0 fully saturated rings. The molecule has 0 aromatic heterocycles. The summed E-state index contributed by atoms with van der Waals surface area (Å²) in [5.74, 6) is -0.889. The number of carbonyl (C=O) groups is 1. The summed E-state index contributed by atoms with van der Waals surface area (Å²) in [5, 5.41) is 0.351. The molecule has 0 spiro atoms. The number of nitrogens with zero attached hydrogens (tertiary/aromatic N) is 1. The zero-order chi connectivity index (χ0) is 15.3. The topological polar surface area (TPSA) is 46.3 Å². The van der Waals surface area contributed by atoms with Crippen LogP contribution < -0.4 is 5.73 Å². The Balaban J connectivity index is 3.02. The second kappa shape index (κ2) is 7.04. The number of carbonyl (C=O) groups excluding carboxylic acids is 1. The minimum atomic E-state index is -0.550. The van der Waals surface area contributed by atoms with E-state index in [-0.39, 0.29) is 16.9 Å². The molecule has 1 rings (SSSR count). The highest BCUT2D eigenvalue weighted by Gasteiger charge is 2.25. The molecular formula is C15H22ClFN2O. The van der Waals surface area contributed by atoms with Gasteiger partial charge in [0.1, 0.15) is 5.82 Å². The Hall–Kier alpha value is -1.13. The predicted molar refractivity (Wildman–Crippen MR) is 80.4 cm³/mol. The fourth-order valence-corrected chi connectivity index (χ4v) is 2.11. The maximum atomic E-state index is 13.8. The molecule has 3 nitrogen and oxygen atoms in total. The molecule has 1 aromatic rings. The lowest BCUT2D eigenvalue weighted by molar-refractivity contribution is 0.0685. The number of amides is 1. The lowest BCUT2D eigenvalue weighted by atomic mass is 9.92. The lowest BCUT2D eigenvalue weighted by Gasteiger charge is -2.32. The van der Waals surface area contributed by atoms with Crippen LogP contribution in [0.5, 0.6) is 0 Å². The molecule has 2 N–H and O–H groups in total. The molecule has 112 valence electrons. The standard InChI is InChI=1S/C15H22ClFN2O/c1-4-7-19(10-15(2,3)9-18)14(20)12-8-11(16)5-6-13(12)17/h5-6,8H,4,7,9-10,18H2,1-3H3. The van der Waals surface area contributed by atoms with Gasteiger partial charge < -0.3 is 10.6 Å². The minimum Gasteiger partial charge on any atom is -0.338 e. The third kappa shape index (κ3) is 4.46. The first kappa shape index (κ1) is 16.9. The lowest BCUT2D eigenvalue weighted by Crippen LogP contribution is -2.42. The largest absolute Gasteiger partial charge is 0.338 e. The fraction of sp³-hybridized carbons (Fsp3) is 0.533. The molecule has 1 aromatic carbocycles. The van der Waals surface area contributed by atoms with E-state index in [1.54, 1.807) is 4.90 Å². The van der Waals surface area contributed by atoms with E-state index in [4.69, 9.17) is 17.3 Å². The number of hydrogen-bond acceptors (Lipinski definition) is 2. The van der Waals surface area contributed by atoms with Gasteiger partial charge in [-0.15, -0.1) is 0 Å². The number of hydrogen-bond donors (Lipinski definition) is 1. The van der Waals surface area contributed by atoms with E-state index in [0.29, 0.717) is 24.7 Å². The Labute approximate surface area is 124 Å². The van der Waals surface area contributed by atoms with Crippen LogP contribution in [0.2, 0.25) is 5.02 Å². The van der Waals surface area contributed by atoms with Gasteiger partial charge in [0.15, 0.2) is 0 Å². The van der Waals surface area contributed by atoms with Crippen LogP contribution in [-0.4, -0.2) is 30.4 Å². The van der Waals surface area contributed by atoms with Crippen molar-refractivity contribution in [1.29, 1.82) is 0 Å². The Morgan fingerprint density at radius 2 is 2.10 bits per heavy atom. The van der Waals surface area contributed by atoms with Crippen LogP contribution in [0, 0.1) is 11.2 Å². The summed E-state index contributed by atoms with van der Waals surface area (Å²) in [6.45, 7) is 7.45. The Morgan fingerprint density at radius 3 is 2.65 bits per heavy atom. The summed E-state index contributed by atoms with van der Waals surface area (Å²) in [6, 6.07) is 4.02. The highest BCUT2D eigenvalue weighted by atomic mass is 35.5. The average molecular weight is 301 g/mol. The van der Waals surface area contributed by atoms with Crippen molar-refractivity contribution >= 4 is 17.5 Å². The van der Waals surface area contributed by atoms with Gasteiger partial charge in [0, 0.05) is 18.1 Å². The van der Waals surface area contributed by atoms with Crippen molar-refractivity contribution in [3.8, 4) is 0 Å². The Kier molecular flexibility index (Phi) is 5.96. The van der Waals surface area contributed by atoms with E-state index in [2.05, 4.69) is 0 Å². The molecule has 0 atom stereocenters. The van der Waals surface area contributed by atoms with Crippen LogP contribution in [0.3, 0.4) is 0 Å². The first-order valence-electron chi connectivity index (χ1n) is 6.75. The smallest absolute Gasteiger partial charge is 0.256 e. The van der Waals surface area contributed by atoms with Crippen molar-refractivity contribution in [3.63, 3.8) is 0 Å². The van der Waals surface area contributed by atoms with E-state index < -0.39 is 5.82 Å². The van der Waals surface area contributed by atoms with Crippen LogP contribution in [0.4, 0.5) is 4.39 Å². The van der Waals surface area contributed by atoms with E-state index in [1.807, 2.05) is 20.8 Å². The third-order valence-electron chi connectivity index (χ3n) is 3.11. The monoisotopic (exact) mass is 300 g/mol. The van der Waals surface area contributed by atoms with Crippen LogP contribution in [0.15, 0.2) is 18.2 Å². The van der Waals surface area contributed by atoms with Crippen molar-refractivity contribution in [2.45, 2.75) is 27.2 Å². The molecule has 0 radical (unpaired) electrons. The summed E-state index contributed by atoms with van der Waals surface area (Å²) >= 11 is 5.85. The van der Waals surface area contributed by atoms with Gasteiger partial charge in [0.25, 0.3) is 5.91 Å². The molecule has 1 amide bonds. The van der Waals surface area contributed by atoms with Gasteiger partial charge in [0.05, 0.1) is 5.56 Å². The summed E-state index contributed by atoms with van der Waals surface area (Å²) in [6.07, 6.45) is 0.800. The van der Waals surface area contributed by atoms with E-state index in [9.17, 15) is 9.18 Å². The first-order chi connectivity index (χ1) is 9.30. The van der Waals surface area contributed by atoms with Crippen LogP contribution >= 0.6 is 11.6 Å². The van der Waals surface area contributed by atoms with Crippen LogP contribution in [0.25, 0.3) is 0 Å². The number of nitrogens with two attached hydrogens (primary N) is 1. The highest BCUT2D eigenvalue weighted by molar-refractivity contribution is 6.31.